The van der Waals surface area contributed by atoms with E-state index >= 15 is 0 Å². The smallest absolute Gasteiger partial charge is 0.305 e. The molecule has 4 fully saturated rings. The van der Waals surface area contributed by atoms with Gasteiger partial charge in [-0.2, -0.15) is 0 Å². The summed E-state index contributed by atoms with van der Waals surface area (Å²) in [5, 5.41) is 43.8. The summed E-state index contributed by atoms with van der Waals surface area (Å²) in [5.41, 5.74) is -0.437. The third-order valence-corrected chi connectivity index (χ3v) is 10.6. The maximum atomic E-state index is 11.7. The molecular weight excluding hydrogens is 396 g/mol. The number of carbonyl (C=O) groups excluding carboxylic acids is 1. The molecule has 0 heterocycles. The van der Waals surface area contributed by atoms with Crippen molar-refractivity contribution in [2.45, 2.75) is 96.6 Å². The van der Waals surface area contributed by atoms with Gasteiger partial charge >= 0.3 is 5.97 Å². The van der Waals surface area contributed by atoms with Crippen molar-refractivity contribution >= 4 is 5.97 Å². The van der Waals surface area contributed by atoms with Crippen LogP contribution in [0.1, 0.15) is 72.1 Å². The highest BCUT2D eigenvalue weighted by molar-refractivity contribution is 5.69. The van der Waals surface area contributed by atoms with E-state index in [1.165, 1.54) is 7.11 Å². The van der Waals surface area contributed by atoms with Crippen molar-refractivity contribution in [3.63, 3.8) is 0 Å². The van der Waals surface area contributed by atoms with E-state index in [1.807, 2.05) is 0 Å². The molecule has 0 aromatic heterocycles. The van der Waals surface area contributed by atoms with Crippen molar-refractivity contribution in [2.24, 2.45) is 46.3 Å². The lowest BCUT2D eigenvalue weighted by atomic mass is 9.42. The molecule has 6 nitrogen and oxygen atoms in total. The van der Waals surface area contributed by atoms with Gasteiger partial charge in [-0.25, -0.2) is 0 Å². The third kappa shape index (κ3) is 3.48. The van der Waals surface area contributed by atoms with E-state index in [2.05, 4.69) is 20.8 Å². The van der Waals surface area contributed by atoms with Crippen molar-refractivity contribution in [3.05, 3.63) is 0 Å². The number of methoxy groups -OCH3 is 1. The number of carbonyl (C=O) groups is 1. The lowest BCUT2D eigenvalue weighted by Crippen LogP contribution is -2.64. The minimum absolute atomic E-state index is 0.120. The fourth-order valence-corrected chi connectivity index (χ4v) is 8.84. The molecule has 4 N–H and O–H groups in total. The molecule has 0 radical (unpaired) electrons. The second kappa shape index (κ2) is 8.27. The maximum Gasteiger partial charge on any atom is 0.305 e. The minimum Gasteiger partial charge on any atom is -0.469 e. The Morgan fingerprint density at radius 1 is 1.00 bits per heavy atom. The first-order valence-electron chi connectivity index (χ1n) is 12.3. The van der Waals surface area contributed by atoms with Gasteiger partial charge in [-0.15, -0.1) is 0 Å². The molecule has 4 saturated carbocycles. The Bertz CT molecular complexity index is 683. The second-order valence-corrected chi connectivity index (χ2v) is 11.7. The quantitative estimate of drug-likeness (QED) is 0.503. The van der Waals surface area contributed by atoms with Gasteiger partial charge in [-0.05, 0) is 91.3 Å². The fraction of sp³-hybridized carbons (Fsp3) is 0.960. The van der Waals surface area contributed by atoms with Crippen LogP contribution in [0.2, 0.25) is 0 Å². The van der Waals surface area contributed by atoms with Gasteiger partial charge in [-0.3, -0.25) is 4.79 Å². The molecule has 12 atom stereocenters. The topological polar surface area (TPSA) is 107 Å². The van der Waals surface area contributed by atoms with E-state index in [0.717, 1.165) is 25.7 Å². The summed E-state index contributed by atoms with van der Waals surface area (Å²) in [4.78, 5) is 11.7. The number of hydrogen-bond acceptors (Lipinski definition) is 6. The van der Waals surface area contributed by atoms with E-state index in [4.69, 9.17) is 4.74 Å². The Kier molecular flexibility index (Phi) is 6.26. The molecule has 0 unspecified atom stereocenters. The van der Waals surface area contributed by atoms with Gasteiger partial charge in [0.25, 0.3) is 0 Å². The Morgan fingerprint density at radius 3 is 2.39 bits per heavy atom. The lowest BCUT2D eigenvalue weighted by Gasteiger charge is -2.64. The molecule has 0 aromatic carbocycles. The molecule has 31 heavy (non-hydrogen) atoms. The van der Waals surface area contributed by atoms with Crippen molar-refractivity contribution in [2.75, 3.05) is 7.11 Å². The summed E-state index contributed by atoms with van der Waals surface area (Å²) in [6.45, 7) is 6.62. The summed E-state index contributed by atoms with van der Waals surface area (Å²) in [6, 6.07) is 0. The standard InChI is InChI=1S/C25H42O6/c1-13(5-8-21(29)31-4)14-6-7-15-22-16(12-20(28)25(14,15)3)24(2)10-9-18(26)23(30)17(24)11-19(22)27/h13-20,22-23,26-28,30H,5-12H2,1-4H3/t13-,14-,15+,16+,17-,18-,19-,20+,22+,23-,24-,25-/m1/s1. The van der Waals surface area contributed by atoms with Crippen molar-refractivity contribution < 1.29 is 30.0 Å². The van der Waals surface area contributed by atoms with Gasteiger partial charge in [0, 0.05) is 6.42 Å². The average molecular weight is 439 g/mol. The van der Waals surface area contributed by atoms with Crippen LogP contribution in [0.25, 0.3) is 0 Å². The van der Waals surface area contributed by atoms with Gasteiger partial charge in [0.05, 0.1) is 31.5 Å². The van der Waals surface area contributed by atoms with E-state index in [0.29, 0.717) is 37.5 Å². The van der Waals surface area contributed by atoms with Gasteiger partial charge in [-0.1, -0.05) is 20.8 Å². The van der Waals surface area contributed by atoms with Gasteiger partial charge < -0.3 is 25.2 Å². The van der Waals surface area contributed by atoms with Crippen molar-refractivity contribution in [1.29, 1.82) is 0 Å². The minimum atomic E-state index is -0.797. The molecule has 0 aliphatic heterocycles. The van der Waals surface area contributed by atoms with Gasteiger partial charge in [0.1, 0.15) is 0 Å². The van der Waals surface area contributed by atoms with Crippen LogP contribution in [0.3, 0.4) is 0 Å². The SMILES string of the molecule is COC(=O)CC[C@@H](C)[C@H]1CC[C@H]2[C@@H]3[C@H](O)C[C@@H]4[C@@H](O)[C@H](O)CC[C@]4(C)[C@H]3C[C@H](O)[C@]12C. The summed E-state index contributed by atoms with van der Waals surface area (Å²) >= 11 is 0. The van der Waals surface area contributed by atoms with E-state index in [1.54, 1.807) is 0 Å². The molecular formula is C25H42O6. The maximum absolute atomic E-state index is 11.7. The molecule has 0 spiro atoms. The highest BCUT2D eigenvalue weighted by Gasteiger charge is 2.66. The normalized spacial score (nSPS) is 52.6. The van der Waals surface area contributed by atoms with Crippen LogP contribution in [0.15, 0.2) is 0 Å². The van der Waals surface area contributed by atoms with Gasteiger partial charge in [0.15, 0.2) is 0 Å². The highest BCUT2D eigenvalue weighted by Crippen LogP contribution is 2.68. The Hall–Kier alpha value is -0.690. The van der Waals surface area contributed by atoms with Crippen molar-refractivity contribution in [3.8, 4) is 0 Å². The number of ether oxygens (including phenoxy) is 1. The summed E-state index contributed by atoms with van der Waals surface area (Å²) in [7, 11) is 1.42. The van der Waals surface area contributed by atoms with Crippen LogP contribution in [-0.4, -0.2) is 57.9 Å². The molecule has 0 saturated heterocycles. The zero-order valence-corrected chi connectivity index (χ0v) is 19.5. The van der Waals surface area contributed by atoms with Crippen molar-refractivity contribution in [1.82, 2.24) is 0 Å². The number of esters is 1. The molecule has 178 valence electrons. The molecule has 0 bridgehead atoms. The lowest BCUT2D eigenvalue weighted by molar-refractivity contribution is -0.228. The molecule has 4 rings (SSSR count). The zero-order chi connectivity index (χ0) is 22.7. The first kappa shape index (κ1) is 23.5. The summed E-state index contributed by atoms with van der Waals surface area (Å²) in [6.07, 6.45) is 3.27. The summed E-state index contributed by atoms with van der Waals surface area (Å²) < 4.78 is 4.82. The molecule has 4 aliphatic carbocycles. The number of aliphatic hydroxyl groups excluding tert-OH is 4. The number of hydrogen-bond donors (Lipinski definition) is 4. The largest absolute Gasteiger partial charge is 0.469 e. The van der Waals surface area contributed by atoms with E-state index in [-0.39, 0.29) is 40.5 Å². The van der Waals surface area contributed by atoms with E-state index in [9.17, 15) is 25.2 Å². The fourth-order valence-electron chi connectivity index (χ4n) is 8.84. The molecule has 6 heteroatoms. The van der Waals surface area contributed by atoms with Crippen LogP contribution in [0, 0.1) is 46.3 Å². The predicted molar refractivity (Wildman–Crippen MR) is 116 cm³/mol. The Balaban J connectivity index is 1.59. The highest BCUT2D eigenvalue weighted by atomic mass is 16.5. The summed E-state index contributed by atoms with van der Waals surface area (Å²) in [5.74, 6) is 0.820. The van der Waals surface area contributed by atoms with Crippen LogP contribution >= 0.6 is 0 Å². The van der Waals surface area contributed by atoms with Crippen LogP contribution in [-0.2, 0) is 9.53 Å². The number of fused-ring (bicyclic) bond motifs is 5. The number of rotatable bonds is 4. The van der Waals surface area contributed by atoms with Crippen LogP contribution < -0.4 is 0 Å². The van der Waals surface area contributed by atoms with Crippen LogP contribution in [0.4, 0.5) is 0 Å². The first-order chi connectivity index (χ1) is 14.6. The predicted octanol–water partition coefficient (Wildman–Crippen LogP) is 2.51. The molecule has 0 amide bonds. The Labute approximate surface area is 186 Å². The zero-order valence-electron chi connectivity index (χ0n) is 19.5. The first-order valence-corrected chi connectivity index (χ1v) is 12.3. The second-order valence-electron chi connectivity index (χ2n) is 11.7. The van der Waals surface area contributed by atoms with Gasteiger partial charge in [0.2, 0.25) is 0 Å². The molecule has 0 aromatic rings. The van der Waals surface area contributed by atoms with Crippen LogP contribution in [0.5, 0.6) is 0 Å². The Morgan fingerprint density at radius 2 is 1.71 bits per heavy atom. The monoisotopic (exact) mass is 438 g/mol. The number of aliphatic hydroxyl groups is 4. The average Bonchev–Trinajstić information content (AvgIpc) is 3.10. The van der Waals surface area contributed by atoms with E-state index < -0.39 is 24.4 Å². The third-order valence-electron chi connectivity index (χ3n) is 10.6. The molecule has 4 aliphatic rings.